The number of thioether (sulfide) groups is 1. The summed E-state index contributed by atoms with van der Waals surface area (Å²) in [5, 5.41) is 6.30. The summed E-state index contributed by atoms with van der Waals surface area (Å²) < 4.78 is 1.04. The predicted molar refractivity (Wildman–Crippen MR) is 118 cm³/mol. The first-order valence-corrected chi connectivity index (χ1v) is 11.2. The van der Waals surface area contributed by atoms with Gasteiger partial charge in [0.25, 0.3) is 5.91 Å². The van der Waals surface area contributed by atoms with Gasteiger partial charge in [0.1, 0.15) is 6.04 Å². The third-order valence-corrected chi connectivity index (χ3v) is 5.89. The standard InChI is InChI=1S/C21H23N3O2S2/c1-13-11-14(2)18-17(12-13)28-21(23-18)24-20(26)16(9-10-27-3)22-19(25)15-7-5-4-6-8-15/h4-8,11-12,16H,9-10H2,1-3H3,(H,22,25)(H,23,24,26). The molecule has 0 aliphatic heterocycles. The molecular formula is C21H23N3O2S2. The Morgan fingerprint density at radius 1 is 1.18 bits per heavy atom. The number of thiazole rings is 1. The highest BCUT2D eigenvalue weighted by atomic mass is 32.2. The number of nitrogens with zero attached hydrogens (tertiary/aromatic N) is 1. The molecule has 0 bridgehead atoms. The van der Waals surface area contributed by atoms with E-state index < -0.39 is 6.04 Å². The Balaban J connectivity index is 1.76. The normalized spacial score (nSPS) is 12.0. The molecule has 7 heteroatoms. The average Bonchev–Trinajstić information content (AvgIpc) is 3.08. The van der Waals surface area contributed by atoms with Crippen molar-refractivity contribution in [1.29, 1.82) is 0 Å². The lowest BCUT2D eigenvalue weighted by Gasteiger charge is -2.17. The average molecular weight is 414 g/mol. The number of fused-ring (bicyclic) bond motifs is 1. The maximum Gasteiger partial charge on any atom is 0.251 e. The molecule has 2 aromatic carbocycles. The molecule has 3 rings (SSSR count). The molecule has 2 amide bonds. The maximum absolute atomic E-state index is 12.8. The number of carbonyl (C=O) groups is 2. The number of anilines is 1. The minimum Gasteiger partial charge on any atom is -0.340 e. The minimum absolute atomic E-state index is 0.244. The number of aryl methyl sites for hydroxylation is 2. The smallest absolute Gasteiger partial charge is 0.251 e. The summed E-state index contributed by atoms with van der Waals surface area (Å²) in [5.74, 6) is 0.273. The van der Waals surface area contributed by atoms with Crippen molar-refractivity contribution in [3.05, 3.63) is 59.2 Å². The van der Waals surface area contributed by atoms with Gasteiger partial charge in [-0.3, -0.25) is 9.59 Å². The Kier molecular flexibility index (Phi) is 6.70. The van der Waals surface area contributed by atoms with Gasteiger partial charge in [-0.15, -0.1) is 0 Å². The van der Waals surface area contributed by atoms with Gasteiger partial charge in [-0.25, -0.2) is 4.98 Å². The molecule has 28 heavy (non-hydrogen) atoms. The Labute approximate surface area is 172 Å². The number of carbonyl (C=O) groups excluding carboxylic acids is 2. The second-order valence-electron chi connectivity index (χ2n) is 6.61. The highest BCUT2D eigenvalue weighted by Gasteiger charge is 2.22. The van der Waals surface area contributed by atoms with Crippen LogP contribution in [0.3, 0.4) is 0 Å². The Morgan fingerprint density at radius 2 is 1.93 bits per heavy atom. The van der Waals surface area contributed by atoms with Gasteiger partial charge < -0.3 is 10.6 Å². The number of nitrogens with one attached hydrogen (secondary N) is 2. The van der Waals surface area contributed by atoms with E-state index in [1.54, 1.807) is 36.0 Å². The first-order valence-electron chi connectivity index (χ1n) is 9.01. The van der Waals surface area contributed by atoms with Crippen LogP contribution < -0.4 is 10.6 Å². The summed E-state index contributed by atoms with van der Waals surface area (Å²) >= 11 is 3.09. The predicted octanol–water partition coefficient (Wildman–Crippen LogP) is 4.40. The van der Waals surface area contributed by atoms with Crippen LogP contribution in [-0.4, -0.2) is 34.8 Å². The molecule has 0 saturated carbocycles. The second-order valence-corrected chi connectivity index (χ2v) is 8.63. The van der Waals surface area contributed by atoms with Gasteiger partial charge in [0.2, 0.25) is 5.91 Å². The minimum atomic E-state index is -0.616. The molecular weight excluding hydrogens is 390 g/mol. The van der Waals surface area contributed by atoms with E-state index in [0.29, 0.717) is 17.1 Å². The lowest BCUT2D eigenvalue weighted by molar-refractivity contribution is -0.118. The highest BCUT2D eigenvalue weighted by Crippen LogP contribution is 2.29. The zero-order valence-corrected chi connectivity index (χ0v) is 17.7. The monoisotopic (exact) mass is 413 g/mol. The molecule has 3 aromatic rings. The molecule has 0 saturated heterocycles. The van der Waals surface area contributed by atoms with Crippen LogP contribution in [0.25, 0.3) is 10.2 Å². The highest BCUT2D eigenvalue weighted by molar-refractivity contribution is 7.98. The van der Waals surface area contributed by atoms with E-state index in [-0.39, 0.29) is 11.8 Å². The fourth-order valence-corrected chi connectivity index (χ4v) is 4.47. The molecule has 1 unspecified atom stereocenters. The Bertz CT molecular complexity index is 986. The third kappa shape index (κ3) is 4.91. The zero-order chi connectivity index (χ0) is 20.1. The zero-order valence-electron chi connectivity index (χ0n) is 16.1. The molecule has 2 N–H and O–H groups in total. The van der Waals surface area contributed by atoms with Crippen molar-refractivity contribution >= 4 is 50.3 Å². The molecule has 1 aromatic heterocycles. The van der Waals surface area contributed by atoms with Crippen LogP contribution in [-0.2, 0) is 4.79 Å². The van der Waals surface area contributed by atoms with Crippen LogP contribution in [0.1, 0.15) is 27.9 Å². The molecule has 0 fully saturated rings. The third-order valence-electron chi connectivity index (χ3n) is 4.33. The molecule has 0 spiro atoms. The first-order chi connectivity index (χ1) is 13.5. The molecule has 0 aliphatic carbocycles. The van der Waals surface area contributed by atoms with Crippen LogP contribution in [0.15, 0.2) is 42.5 Å². The second kappa shape index (κ2) is 9.21. The van der Waals surface area contributed by atoms with Gasteiger partial charge in [-0.05, 0) is 61.6 Å². The SMILES string of the molecule is CSCCC(NC(=O)c1ccccc1)C(=O)Nc1nc2c(C)cc(C)cc2s1. The van der Waals surface area contributed by atoms with Gasteiger partial charge >= 0.3 is 0 Å². The van der Waals surface area contributed by atoms with Gasteiger partial charge in [-0.2, -0.15) is 11.8 Å². The summed E-state index contributed by atoms with van der Waals surface area (Å²) in [5.41, 5.74) is 3.69. The van der Waals surface area contributed by atoms with E-state index in [1.165, 1.54) is 16.9 Å². The fraction of sp³-hybridized carbons (Fsp3) is 0.286. The molecule has 5 nitrogen and oxygen atoms in total. The summed E-state index contributed by atoms with van der Waals surface area (Å²) in [6.07, 6.45) is 2.53. The van der Waals surface area contributed by atoms with Crippen molar-refractivity contribution in [2.24, 2.45) is 0 Å². The number of rotatable bonds is 7. The van der Waals surface area contributed by atoms with Crippen molar-refractivity contribution in [1.82, 2.24) is 10.3 Å². The lowest BCUT2D eigenvalue weighted by Crippen LogP contribution is -2.44. The van der Waals surface area contributed by atoms with Gasteiger partial charge in [0, 0.05) is 5.56 Å². The van der Waals surface area contributed by atoms with Crippen molar-refractivity contribution < 1.29 is 9.59 Å². The van der Waals surface area contributed by atoms with Crippen molar-refractivity contribution in [2.75, 3.05) is 17.3 Å². The van der Waals surface area contributed by atoms with E-state index >= 15 is 0 Å². The summed E-state index contributed by atoms with van der Waals surface area (Å²) in [7, 11) is 0. The lowest BCUT2D eigenvalue weighted by atomic mass is 10.1. The van der Waals surface area contributed by atoms with Crippen LogP contribution in [0.2, 0.25) is 0 Å². The molecule has 1 heterocycles. The molecule has 0 aliphatic rings. The topological polar surface area (TPSA) is 71.1 Å². The summed E-state index contributed by atoms with van der Waals surface area (Å²) in [4.78, 5) is 29.9. The van der Waals surface area contributed by atoms with E-state index in [0.717, 1.165) is 21.5 Å². The number of hydrogen-bond donors (Lipinski definition) is 2. The van der Waals surface area contributed by atoms with Gasteiger partial charge in [-0.1, -0.05) is 35.6 Å². The Hall–Kier alpha value is -2.38. The first kappa shape index (κ1) is 20.4. The Morgan fingerprint density at radius 3 is 2.64 bits per heavy atom. The number of amides is 2. The largest absolute Gasteiger partial charge is 0.340 e. The van der Waals surface area contributed by atoms with E-state index in [2.05, 4.69) is 27.8 Å². The van der Waals surface area contributed by atoms with Crippen LogP contribution in [0.4, 0.5) is 5.13 Å². The summed E-state index contributed by atoms with van der Waals surface area (Å²) in [6.45, 7) is 4.06. The van der Waals surface area contributed by atoms with Crippen molar-refractivity contribution in [3.63, 3.8) is 0 Å². The maximum atomic E-state index is 12.8. The van der Waals surface area contributed by atoms with Gasteiger partial charge in [0.15, 0.2) is 5.13 Å². The van der Waals surface area contributed by atoms with Crippen LogP contribution >= 0.6 is 23.1 Å². The van der Waals surface area contributed by atoms with Crippen molar-refractivity contribution in [2.45, 2.75) is 26.3 Å². The van der Waals surface area contributed by atoms with E-state index in [4.69, 9.17) is 0 Å². The van der Waals surface area contributed by atoms with Gasteiger partial charge in [0.05, 0.1) is 10.2 Å². The van der Waals surface area contributed by atoms with Crippen molar-refractivity contribution in [3.8, 4) is 0 Å². The number of hydrogen-bond acceptors (Lipinski definition) is 5. The molecule has 0 radical (unpaired) electrons. The van der Waals surface area contributed by atoms with E-state index in [9.17, 15) is 9.59 Å². The number of aromatic nitrogens is 1. The summed E-state index contributed by atoms with van der Waals surface area (Å²) in [6, 6.07) is 12.5. The molecule has 146 valence electrons. The van der Waals surface area contributed by atoms with Crippen LogP contribution in [0.5, 0.6) is 0 Å². The van der Waals surface area contributed by atoms with E-state index in [1.807, 2.05) is 26.2 Å². The quantitative estimate of drug-likeness (QED) is 0.602. The molecule has 1 atom stereocenters. The fourth-order valence-electron chi connectivity index (χ4n) is 2.95. The number of benzene rings is 2. The van der Waals surface area contributed by atoms with Crippen LogP contribution in [0, 0.1) is 13.8 Å².